The summed E-state index contributed by atoms with van der Waals surface area (Å²) in [6.07, 6.45) is -0.237. The fourth-order valence-corrected chi connectivity index (χ4v) is 2.69. The van der Waals surface area contributed by atoms with E-state index in [4.69, 9.17) is 16.3 Å². The highest BCUT2D eigenvalue weighted by Gasteiger charge is 2.27. The topological polar surface area (TPSA) is 49.8 Å². The summed E-state index contributed by atoms with van der Waals surface area (Å²) in [4.78, 5) is 13.8. The molecule has 0 saturated carbocycles. The Hall–Kier alpha value is -2.04. The number of rotatable bonds is 3. The van der Waals surface area contributed by atoms with Crippen LogP contribution in [0, 0.1) is 0 Å². The second kappa shape index (κ2) is 6.38. The zero-order chi connectivity index (χ0) is 15.5. The lowest BCUT2D eigenvalue weighted by atomic mass is 10.1. The number of phenols is 1. The number of halogens is 1. The summed E-state index contributed by atoms with van der Waals surface area (Å²) in [7, 11) is 0. The summed E-state index contributed by atoms with van der Waals surface area (Å²) in [6, 6.07) is 14.8. The zero-order valence-corrected chi connectivity index (χ0v) is 12.7. The largest absolute Gasteiger partial charge is 0.506 e. The highest BCUT2D eigenvalue weighted by molar-refractivity contribution is 6.32. The van der Waals surface area contributed by atoms with Gasteiger partial charge in [-0.05, 0) is 23.3 Å². The molecule has 0 radical (unpaired) electrons. The predicted octanol–water partition coefficient (Wildman–Crippen LogP) is 3.15. The van der Waals surface area contributed by atoms with Crippen LogP contribution in [0.5, 0.6) is 5.75 Å². The van der Waals surface area contributed by atoms with Crippen molar-refractivity contribution in [3.8, 4) is 5.75 Å². The summed E-state index contributed by atoms with van der Waals surface area (Å²) in [6.45, 7) is 1.08. The third-order valence-corrected chi connectivity index (χ3v) is 4.01. The van der Waals surface area contributed by atoms with Gasteiger partial charge in [0.2, 0.25) is 5.91 Å². The maximum atomic E-state index is 12.0. The second-order valence-electron chi connectivity index (χ2n) is 5.27. The molecule has 0 spiro atoms. The third-order valence-electron chi connectivity index (χ3n) is 3.71. The Bertz CT molecular complexity index is 675. The SMILES string of the molecule is O=C1COC(c2ccc(O)c(Cl)c2)CN1Cc1ccccc1. The smallest absolute Gasteiger partial charge is 0.249 e. The fourth-order valence-electron chi connectivity index (χ4n) is 2.50. The van der Waals surface area contributed by atoms with E-state index in [0.717, 1.165) is 11.1 Å². The number of hydrogen-bond donors (Lipinski definition) is 1. The highest BCUT2D eigenvalue weighted by atomic mass is 35.5. The number of amides is 1. The van der Waals surface area contributed by atoms with E-state index in [9.17, 15) is 9.90 Å². The van der Waals surface area contributed by atoms with Gasteiger partial charge < -0.3 is 14.7 Å². The van der Waals surface area contributed by atoms with E-state index in [0.29, 0.717) is 13.1 Å². The van der Waals surface area contributed by atoms with Crippen LogP contribution in [0.25, 0.3) is 0 Å². The average molecular weight is 318 g/mol. The first-order valence-electron chi connectivity index (χ1n) is 7.05. The number of aromatic hydroxyl groups is 1. The van der Waals surface area contributed by atoms with Crippen LogP contribution in [0.3, 0.4) is 0 Å². The minimum Gasteiger partial charge on any atom is -0.506 e. The molecule has 0 bridgehead atoms. The number of hydrogen-bond acceptors (Lipinski definition) is 3. The lowest BCUT2D eigenvalue weighted by molar-refractivity contribution is -0.150. The molecule has 1 fully saturated rings. The van der Waals surface area contributed by atoms with E-state index >= 15 is 0 Å². The standard InChI is InChI=1S/C17H16ClNO3/c18-14-8-13(6-7-15(14)20)16-10-19(17(21)11-22-16)9-12-4-2-1-3-5-12/h1-8,16,20H,9-11H2. The molecule has 3 rings (SSSR count). The normalized spacial score (nSPS) is 18.5. The molecule has 1 aliphatic rings. The molecule has 1 amide bonds. The molecule has 2 aromatic rings. The minimum atomic E-state index is -0.237. The van der Waals surface area contributed by atoms with Crippen LogP contribution in [0.2, 0.25) is 5.02 Å². The molecule has 1 N–H and O–H groups in total. The molecule has 1 heterocycles. The number of morpholine rings is 1. The summed E-state index contributed by atoms with van der Waals surface area (Å²) >= 11 is 5.94. The first kappa shape index (κ1) is 14.9. The molecule has 1 aliphatic heterocycles. The van der Waals surface area contributed by atoms with Crippen molar-refractivity contribution in [3.05, 3.63) is 64.7 Å². The van der Waals surface area contributed by atoms with Crippen molar-refractivity contribution in [2.24, 2.45) is 0 Å². The van der Waals surface area contributed by atoms with Crippen LogP contribution in [0.1, 0.15) is 17.2 Å². The van der Waals surface area contributed by atoms with Crippen molar-refractivity contribution in [3.63, 3.8) is 0 Å². The van der Waals surface area contributed by atoms with Gasteiger partial charge in [-0.1, -0.05) is 48.0 Å². The average Bonchev–Trinajstić information content (AvgIpc) is 2.53. The van der Waals surface area contributed by atoms with Gasteiger partial charge >= 0.3 is 0 Å². The molecule has 4 nitrogen and oxygen atoms in total. The monoisotopic (exact) mass is 317 g/mol. The maximum absolute atomic E-state index is 12.0. The molecule has 1 atom stereocenters. The number of carbonyl (C=O) groups is 1. The minimum absolute atomic E-state index is 0.0232. The molecule has 0 aromatic heterocycles. The fraction of sp³-hybridized carbons (Fsp3) is 0.235. The van der Waals surface area contributed by atoms with Gasteiger partial charge in [-0.15, -0.1) is 0 Å². The number of nitrogens with zero attached hydrogens (tertiary/aromatic N) is 1. The molecule has 1 unspecified atom stereocenters. The molecule has 1 saturated heterocycles. The summed E-state index contributed by atoms with van der Waals surface area (Å²) in [5, 5.41) is 9.78. The van der Waals surface area contributed by atoms with Gasteiger partial charge in [0.15, 0.2) is 0 Å². The van der Waals surface area contributed by atoms with E-state index in [2.05, 4.69) is 0 Å². The van der Waals surface area contributed by atoms with Gasteiger partial charge in [0, 0.05) is 6.54 Å². The Morgan fingerprint density at radius 1 is 1.23 bits per heavy atom. The van der Waals surface area contributed by atoms with Gasteiger partial charge in [0.1, 0.15) is 18.5 Å². The highest BCUT2D eigenvalue weighted by Crippen LogP contribution is 2.30. The molecular formula is C17H16ClNO3. The van der Waals surface area contributed by atoms with E-state index in [1.807, 2.05) is 30.3 Å². The molecule has 0 aliphatic carbocycles. The molecule has 5 heteroatoms. The zero-order valence-electron chi connectivity index (χ0n) is 11.9. The quantitative estimate of drug-likeness (QED) is 0.946. The van der Waals surface area contributed by atoms with Gasteiger partial charge in [-0.3, -0.25) is 4.79 Å². The lowest BCUT2D eigenvalue weighted by Gasteiger charge is -2.33. The van der Waals surface area contributed by atoms with Crippen LogP contribution in [-0.4, -0.2) is 29.1 Å². The van der Waals surface area contributed by atoms with Crippen molar-refractivity contribution in [2.75, 3.05) is 13.2 Å². The van der Waals surface area contributed by atoms with Crippen molar-refractivity contribution in [1.82, 2.24) is 4.90 Å². The summed E-state index contributed by atoms with van der Waals surface area (Å²) in [5.74, 6) is 0.0171. The van der Waals surface area contributed by atoms with Crippen molar-refractivity contribution in [1.29, 1.82) is 0 Å². The van der Waals surface area contributed by atoms with Crippen LogP contribution in [-0.2, 0) is 16.1 Å². The Morgan fingerprint density at radius 3 is 2.73 bits per heavy atom. The van der Waals surface area contributed by atoms with Gasteiger partial charge in [-0.25, -0.2) is 0 Å². The number of carbonyl (C=O) groups excluding carboxylic acids is 1. The summed E-state index contributed by atoms with van der Waals surface area (Å²) < 4.78 is 5.61. The number of ether oxygens (including phenoxy) is 1. The lowest BCUT2D eigenvalue weighted by Crippen LogP contribution is -2.42. The van der Waals surface area contributed by atoms with Crippen LogP contribution in [0.4, 0.5) is 0 Å². The van der Waals surface area contributed by atoms with Crippen molar-refractivity contribution in [2.45, 2.75) is 12.6 Å². The molecular weight excluding hydrogens is 302 g/mol. The molecule has 2 aromatic carbocycles. The Kier molecular flexibility index (Phi) is 4.32. The second-order valence-corrected chi connectivity index (χ2v) is 5.68. The maximum Gasteiger partial charge on any atom is 0.249 e. The molecule has 22 heavy (non-hydrogen) atoms. The predicted molar refractivity (Wildman–Crippen MR) is 83.7 cm³/mol. The van der Waals surface area contributed by atoms with E-state index < -0.39 is 0 Å². The Morgan fingerprint density at radius 2 is 2.00 bits per heavy atom. The third kappa shape index (κ3) is 3.24. The van der Waals surface area contributed by atoms with E-state index in [1.165, 1.54) is 0 Å². The van der Waals surface area contributed by atoms with E-state index in [1.54, 1.807) is 23.1 Å². The Labute approximate surface area is 133 Å². The van der Waals surface area contributed by atoms with Crippen LogP contribution in [0.15, 0.2) is 48.5 Å². The first-order chi connectivity index (χ1) is 10.6. The van der Waals surface area contributed by atoms with Crippen molar-refractivity contribution >= 4 is 17.5 Å². The van der Waals surface area contributed by atoms with Gasteiger partial charge in [0.25, 0.3) is 0 Å². The summed E-state index contributed by atoms with van der Waals surface area (Å²) in [5.41, 5.74) is 1.94. The Balaban J connectivity index is 1.75. The van der Waals surface area contributed by atoms with Gasteiger partial charge in [-0.2, -0.15) is 0 Å². The van der Waals surface area contributed by atoms with Crippen molar-refractivity contribution < 1.29 is 14.6 Å². The molecule has 114 valence electrons. The van der Waals surface area contributed by atoms with E-state index in [-0.39, 0.29) is 29.4 Å². The number of benzene rings is 2. The number of phenolic OH excluding ortho intramolecular Hbond substituents is 1. The van der Waals surface area contributed by atoms with Crippen LogP contribution < -0.4 is 0 Å². The first-order valence-corrected chi connectivity index (χ1v) is 7.43. The van der Waals surface area contributed by atoms with Crippen LogP contribution >= 0.6 is 11.6 Å². The van der Waals surface area contributed by atoms with Gasteiger partial charge in [0.05, 0.1) is 11.6 Å².